The van der Waals surface area contributed by atoms with Gasteiger partial charge in [0, 0.05) is 22.3 Å². The first-order valence-electron chi connectivity index (χ1n) is 17.5. The lowest BCUT2D eigenvalue weighted by atomic mass is 9.66. The Morgan fingerprint density at radius 1 is 0.686 bits per heavy atom. The van der Waals surface area contributed by atoms with Gasteiger partial charge in [0.2, 0.25) is 11.2 Å². The standard InChI is InChI=1S/C40H42O11/c1-34(2)29(48-33(45)40-19-17-38(8,31(43)51-40)36(40,5)6)28(47-32(44)39-18-16-37(7,30(42)50-39)35(39,3)4)26-24(49-34)15-14-22-23(20-25(41)46-27(22)26)21-12-10-9-11-13-21/h9-15,20,28-29H,16-19H2,1-8H3/t28-,29-,37?,38?,39?,40?/m1/s1. The number of rotatable bonds is 5. The second-order valence-electron chi connectivity index (χ2n) is 16.9. The summed E-state index contributed by atoms with van der Waals surface area (Å²) in [7, 11) is 0. The molecule has 2 saturated heterocycles. The molecule has 4 heterocycles. The van der Waals surface area contributed by atoms with Crippen molar-refractivity contribution in [3.8, 4) is 16.9 Å². The molecule has 5 aliphatic rings. The highest BCUT2D eigenvalue weighted by Gasteiger charge is 2.78. The Morgan fingerprint density at radius 2 is 1.24 bits per heavy atom. The lowest BCUT2D eigenvalue weighted by Crippen LogP contribution is -2.57. The van der Waals surface area contributed by atoms with Crippen molar-refractivity contribution in [1.82, 2.24) is 0 Å². The third-order valence-electron chi connectivity index (χ3n) is 13.9. The van der Waals surface area contributed by atoms with Gasteiger partial charge in [0.05, 0.1) is 16.4 Å². The van der Waals surface area contributed by atoms with Crippen LogP contribution in [0.25, 0.3) is 22.1 Å². The third-order valence-corrected chi connectivity index (χ3v) is 13.9. The van der Waals surface area contributed by atoms with Gasteiger partial charge in [-0.15, -0.1) is 0 Å². The summed E-state index contributed by atoms with van der Waals surface area (Å²) in [6.45, 7) is 14.3. The molecule has 2 saturated carbocycles. The first kappa shape index (κ1) is 33.5. The molecule has 3 aromatic rings. The molecule has 0 radical (unpaired) electrons. The normalized spacial score (nSPS) is 34.7. The molecule has 4 bridgehead atoms. The zero-order valence-corrected chi connectivity index (χ0v) is 30.1. The van der Waals surface area contributed by atoms with Crippen LogP contribution in [-0.4, -0.2) is 46.8 Å². The van der Waals surface area contributed by atoms with Crippen LogP contribution in [0.4, 0.5) is 0 Å². The number of esters is 4. The second kappa shape index (κ2) is 10.0. The summed E-state index contributed by atoms with van der Waals surface area (Å²) >= 11 is 0. The molecule has 11 heteroatoms. The summed E-state index contributed by atoms with van der Waals surface area (Å²) in [4.78, 5) is 68.7. The summed E-state index contributed by atoms with van der Waals surface area (Å²) in [5.74, 6) is -2.31. The number of fused-ring (bicyclic) bond motifs is 7. The van der Waals surface area contributed by atoms with Gasteiger partial charge in [-0.1, -0.05) is 58.0 Å². The molecule has 4 unspecified atom stereocenters. The Labute approximate surface area is 294 Å². The third kappa shape index (κ3) is 3.92. The van der Waals surface area contributed by atoms with E-state index in [-0.39, 0.29) is 29.7 Å². The highest BCUT2D eigenvalue weighted by Crippen LogP contribution is 2.67. The summed E-state index contributed by atoms with van der Waals surface area (Å²) in [6, 6.07) is 14.2. The lowest BCUT2D eigenvalue weighted by molar-refractivity contribution is -0.217. The van der Waals surface area contributed by atoms with E-state index in [1.807, 2.05) is 58.0 Å². The van der Waals surface area contributed by atoms with Gasteiger partial charge in [-0.2, -0.15) is 0 Å². The Morgan fingerprint density at radius 3 is 1.75 bits per heavy atom. The van der Waals surface area contributed by atoms with Crippen molar-refractivity contribution in [2.75, 3.05) is 0 Å². The summed E-state index contributed by atoms with van der Waals surface area (Å²) < 4.78 is 37.0. The predicted octanol–water partition coefficient (Wildman–Crippen LogP) is 6.37. The Hall–Kier alpha value is -4.67. The average molecular weight is 699 g/mol. The van der Waals surface area contributed by atoms with Crippen molar-refractivity contribution in [2.45, 2.75) is 110 Å². The van der Waals surface area contributed by atoms with Gasteiger partial charge in [0.1, 0.15) is 16.9 Å². The smallest absolute Gasteiger partial charge is 0.351 e. The van der Waals surface area contributed by atoms with Crippen LogP contribution in [0.5, 0.6) is 5.75 Å². The molecule has 4 fully saturated rings. The van der Waals surface area contributed by atoms with Gasteiger partial charge in [-0.3, -0.25) is 9.59 Å². The largest absolute Gasteiger partial charge is 0.483 e. The van der Waals surface area contributed by atoms with Gasteiger partial charge in [-0.05, 0) is 76.6 Å². The molecule has 6 atom stereocenters. The van der Waals surface area contributed by atoms with Crippen molar-refractivity contribution in [3.63, 3.8) is 0 Å². The molecular weight excluding hydrogens is 656 g/mol. The summed E-state index contributed by atoms with van der Waals surface area (Å²) in [5.41, 5.74) is -7.27. The number of ether oxygens (including phenoxy) is 5. The molecule has 51 heavy (non-hydrogen) atoms. The van der Waals surface area contributed by atoms with Crippen molar-refractivity contribution < 1.29 is 47.3 Å². The first-order valence-corrected chi connectivity index (χ1v) is 17.5. The maximum atomic E-state index is 14.7. The molecule has 8 rings (SSSR count). The van der Waals surface area contributed by atoms with Gasteiger partial charge >= 0.3 is 29.5 Å². The fourth-order valence-corrected chi connectivity index (χ4v) is 9.45. The predicted molar refractivity (Wildman–Crippen MR) is 181 cm³/mol. The Kier molecular flexibility index (Phi) is 6.57. The van der Waals surface area contributed by atoms with E-state index >= 15 is 0 Å². The SMILES string of the molecule is CC1(C)Oc2ccc3c(-c4ccccc4)cc(=O)oc3c2[C@@H](OC(=O)C23CCC(C)(C(=O)O2)C3(C)C)[C@H]1OC(=O)C12CCC(C)(C(=O)O1)C2(C)C. The lowest BCUT2D eigenvalue weighted by Gasteiger charge is -2.45. The number of hydrogen-bond donors (Lipinski definition) is 0. The highest BCUT2D eigenvalue weighted by atomic mass is 16.7. The number of carbonyl (C=O) groups excluding carboxylic acids is 4. The van der Waals surface area contributed by atoms with Crippen molar-refractivity contribution in [2.24, 2.45) is 21.7 Å². The van der Waals surface area contributed by atoms with Gasteiger partial charge < -0.3 is 28.1 Å². The Bertz CT molecular complexity index is 2130. The van der Waals surface area contributed by atoms with Gasteiger partial charge in [0.15, 0.2) is 12.2 Å². The average Bonchev–Trinajstić information content (AvgIpc) is 3.53. The van der Waals surface area contributed by atoms with Crippen LogP contribution in [0.2, 0.25) is 0 Å². The van der Waals surface area contributed by atoms with E-state index in [4.69, 9.17) is 28.1 Å². The quantitative estimate of drug-likeness (QED) is 0.167. The topological polar surface area (TPSA) is 145 Å². The van der Waals surface area contributed by atoms with Crippen LogP contribution in [0.15, 0.2) is 57.7 Å². The second-order valence-corrected chi connectivity index (χ2v) is 16.9. The molecule has 0 amide bonds. The van der Waals surface area contributed by atoms with Crippen molar-refractivity contribution >= 4 is 34.8 Å². The summed E-state index contributed by atoms with van der Waals surface area (Å²) in [6.07, 6.45) is -1.40. The number of benzene rings is 2. The van der Waals surface area contributed by atoms with Gasteiger partial charge in [-0.25, -0.2) is 14.4 Å². The molecule has 268 valence electrons. The highest BCUT2D eigenvalue weighted by molar-refractivity contribution is 5.98. The fourth-order valence-electron chi connectivity index (χ4n) is 9.45. The number of carbonyl (C=O) groups is 4. The Balaban J connectivity index is 1.30. The van der Waals surface area contributed by atoms with Crippen LogP contribution in [0.3, 0.4) is 0 Å². The molecular formula is C40H42O11. The van der Waals surface area contributed by atoms with Crippen LogP contribution >= 0.6 is 0 Å². The van der Waals surface area contributed by atoms with E-state index in [9.17, 15) is 24.0 Å². The zero-order chi connectivity index (χ0) is 36.7. The van der Waals surface area contributed by atoms with Crippen LogP contribution < -0.4 is 10.4 Å². The number of hydrogen-bond acceptors (Lipinski definition) is 11. The zero-order valence-electron chi connectivity index (χ0n) is 30.1. The van der Waals surface area contributed by atoms with Crippen LogP contribution in [0.1, 0.15) is 92.7 Å². The van der Waals surface area contributed by atoms with E-state index in [0.29, 0.717) is 23.8 Å². The molecule has 3 aliphatic heterocycles. The molecule has 2 aliphatic carbocycles. The summed E-state index contributed by atoms with van der Waals surface area (Å²) in [5, 5.41) is 0.532. The van der Waals surface area contributed by atoms with Crippen LogP contribution in [-0.2, 0) is 38.1 Å². The minimum Gasteiger partial charge on any atom is -0.483 e. The van der Waals surface area contributed by atoms with E-state index in [2.05, 4.69) is 0 Å². The van der Waals surface area contributed by atoms with E-state index in [1.54, 1.807) is 39.8 Å². The van der Waals surface area contributed by atoms with Crippen LogP contribution in [0, 0.1) is 21.7 Å². The molecule has 0 spiro atoms. The van der Waals surface area contributed by atoms with E-state index < -0.39 is 80.2 Å². The fraction of sp³-hybridized carbons (Fsp3) is 0.525. The minimum absolute atomic E-state index is 0.0869. The first-order chi connectivity index (χ1) is 23.8. The molecule has 2 aromatic carbocycles. The monoisotopic (exact) mass is 698 g/mol. The van der Waals surface area contributed by atoms with Crippen molar-refractivity contribution in [1.29, 1.82) is 0 Å². The maximum absolute atomic E-state index is 14.7. The van der Waals surface area contributed by atoms with E-state index in [0.717, 1.165) is 5.56 Å². The van der Waals surface area contributed by atoms with Crippen molar-refractivity contribution in [3.05, 3.63) is 64.5 Å². The van der Waals surface area contributed by atoms with E-state index in [1.165, 1.54) is 6.07 Å². The maximum Gasteiger partial charge on any atom is 0.351 e. The molecule has 11 nitrogen and oxygen atoms in total. The molecule has 0 N–H and O–H groups in total. The van der Waals surface area contributed by atoms with Gasteiger partial charge in [0.25, 0.3) is 0 Å². The minimum atomic E-state index is -1.62. The molecule has 1 aromatic heterocycles.